The Morgan fingerprint density at radius 1 is 0.968 bits per heavy atom. The van der Waals surface area contributed by atoms with Gasteiger partial charge < -0.3 is 9.47 Å². The minimum absolute atomic E-state index is 0.0749. The molecule has 0 aliphatic carbocycles. The summed E-state index contributed by atoms with van der Waals surface area (Å²) < 4.78 is 37.2. The van der Waals surface area contributed by atoms with Crippen molar-refractivity contribution < 1.29 is 17.9 Å². The third-order valence-electron chi connectivity index (χ3n) is 4.53. The second-order valence-electron chi connectivity index (χ2n) is 6.85. The molecule has 6 heteroatoms. The number of benzene rings is 3. The highest BCUT2D eigenvalue weighted by molar-refractivity contribution is 7.95. The quantitative estimate of drug-likeness (QED) is 0.450. The van der Waals surface area contributed by atoms with E-state index in [0.717, 1.165) is 5.56 Å². The lowest BCUT2D eigenvalue weighted by Gasteiger charge is -2.13. The van der Waals surface area contributed by atoms with Crippen LogP contribution in [0.15, 0.2) is 82.6 Å². The first-order valence-electron chi connectivity index (χ1n) is 9.81. The molecule has 0 aliphatic rings. The Kier molecular flexibility index (Phi) is 7.11. The van der Waals surface area contributed by atoms with Gasteiger partial charge in [-0.15, -0.1) is 0 Å². The molecule has 5 nitrogen and oxygen atoms in total. The Bertz CT molecular complexity index is 1210. The van der Waals surface area contributed by atoms with Crippen LogP contribution in [0.25, 0.3) is 6.08 Å². The van der Waals surface area contributed by atoms with Crippen molar-refractivity contribution >= 4 is 15.9 Å². The molecule has 158 valence electrons. The minimum Gasteiger partial charge on any atom is -0.490 e. The molecule has 0 N–H and O–H groups in total. The maximum atomic E-state index is 12.8. The molecule has 0 unspecified atom stereocenters. The summed E-state index contributed by atoms with van der Waals surface area (Å²) in [6.45, 7) is 4.67. The maximum Gasteiger partial charge on any atom is 0.216 e. The number of hydrogen-bond donors (Lipinski definition) is 0. The molecule has 0 amide bonds. The van der Waals surface area contributed by atoms with E-state index in [1.54, 1.807) is 36.4 Å². The molecule has 0 atom stereocenters. The molecular weight excluding hydrogens is 410 g/mol. The molecule has 3 rings (SSSR count). The third kappa shape index (κ3) is 5.53. The van der Waals surface area contributed by atoms with Crippen LogP contribution in [0.4, 0.5) is 0 Å². The predicted molar refractivity (Wildman–Crippen MR) is 120 cm³/mol. The average Bonchev–Trinajstić information content (AvgIpc) is 2.78. The fraction of sp³-hybridized carbons (Fsp3) is 0.160. The third-order valence-corrected chi connectivity index (χ3v) is 6.21. The number of nitriles is 1. The van der Waals surface area contributed by atoms with Crippen LogP contribution in [-0.2, 0) is 16.4 Å². The summed E-state index contributed by atoms with van der Waals surface area (Å²) in [5, 5.41) is 9.49. The largest absolute Gasteiger partial charge is 0.490 e. The van der Waals surface area contributed by atoms with E-state index in [9.17, 15) is 13.7 Å². The van der Waals surface area contributed by atoms with E-state index in [-0.39, 0.29) is 9.80 Å². The summed E-state index contributed by atoms with van der Waals surface area (Å²) in [5.74, 6) is 1.03. The van der Waals surface area contributed by atoms with Crippen LogP contribution in [0.3, 0.4) is 0 Å². The molecule has 0 heterocycles. The number of sulfone groups is 1. The maximum absolute atomic E-state index is 12.8. The van der Waals surface area contributed by atoms with Gasteiger partial charge in [0, 0.05) is 0 Å². The second kappa shape index (κ2) is 9.96. The number of allylic oxidation sites excluding steroid dienone is 1. The highest BCUT2D eigenvalue weighted by Crippen LogP contribution is 2.31. The Morgan fingerprint density at radius 3 is 2.32 bits per heavy atom. The molecule has 3 aromatic rings. The molecule has 0 spiro atoms. The van der Waals surface area contributed by atoms with E-state index in [1.807, 2.05) is 44.2 Å². The molecule has 0 aromatic heterocycles. The molecule has 0 aliphatic heterocycles. The van der Waals surface area contributed by atoms with Crippen molar-refractivity contribution in [2.24, 2.45) is 0 Å². The molecule has 0 fully saturated rings. The van der Waals surface area contributed by atoms with Crippen LogP contribution in [0, 0.1) is 18.3 Å². The minimum atomic E-state index is -3.91. The van der Waals surface area contributed by atoms with Gasteiger partial charge in [-0.1, -0.05) is 54.1 Å². The van der Waals surface area contributed by atoms with Gasteiger partial charge in [0.1, 0.15) is 17.6 Å². The molecule has 0 radical (unpaired) electrons. The molecular formula is C25H23NO4S. The Morgan fingerprint density at radius 2 is 1.68 bits per heavy atom. The summed E-state index contributed by atoms with van der Waals surface area (Å²) in [6.07, 6.45) is 1.34. The van der Waals surface area contributed by atoms with Crippen LogP contribution >= 0.6 is 0 Å². The number of nitrogens with zero attached hydrogens (tertiary/aromatic N) is 1. The highest BCUT2D eigenvalue weighted by Gasteiger charge is 2.20. The molecule has 0 saturated carbocycles. The van der Waals surface area contributed by atoms with Crippen molar-refractivity contribution in [1.29, 1.82) is 5.26 Å². The average molecular weight is 434 g/mol. The van der Waals surface area contributed by atoms with Crippen LogP contribution < -0.4 is 9.47 Å². The Balaban J connectivity index is 1.88. The van der Waals surface area contributed by atoms with Gasteiger partial charge in [-0.25, -0.2) is 8.42 Å². The predicted octanol–water partition coefficient (Wildman–Crippen LogP) is 5.31. The monoisotopic (exact) mass is 433 g/mol. The van der Waals surface area contributed by atoms with E-state index >= 15 is 0 Å². The smallest absolute Gasteiger partial charge is 0.216 e. The highest BCUT2D eigenvalue weighted by atomic mass is 32.2. The van der Waals surface area contributed by atoms with Gasteiger partial charge in [-0.05, 0) is 55.3 Å². The summed E-state index contributed by atoms with van der Waals surface area (Å²) in [4.78, 5) is -0.264. The zero-order chi connectivity index (χ0) is 22.3. The van der Waals surface area contributed by atoms with E-state index in [0.29, 0.717) is 30.3 Å². The van der Waals surface area contributed by atoms with E-state index < -0.39 is 9.84 Å². The van der Waals surface area contributed by atoms with Crippen molar-refractivity contribution in [3.63, 3.8) is 0 Å². The van der Waals surface area contributed by atoms with Crippen LogP contribution in [0.2, 0.25) is 0 Å². The molecule has 31 heavy (non-hydrogen) atoms. The van der Waals surface area contributed by atoms with Crippen LogP contribution in [-0.4, -0.2) is 15.0 Å². The molecule has 0 saturated heterocycles. The lowest BCUT2D eigenvalue weighted by molar-refractivity contribution is 0.269. The van der Waals surface area contributed by atoms with Crippen molar-refractivity contribution in [1.82, 2.24) is 0 Å². The summed E-state index contributed by atoms with van der Waals surface area (Å²) in [5.41, 5.74) is 2.73. The Hall–Kier alpha value is -3.56. The first kappa shape index (κ1) is 22.1. The van der Waals surface area contributed by atoms with Crippen molar-refractivity contribution in [3.8, 4) is 17.6 Å². The van der Waals surface area contributed by atoms with Gasteiger partial charge in [0.05, 0.1) is 11.5 Å². The van der Waals surface area contributed by atoms with Crippen molar-refractivity contribution in [3.05, 3.63) is 94.4 Å². The van der Waals surface area contributed by atoms with Crippen molar-refractivity contribution in [2.45, 2.75) is 25.3 Å². The fourth-order valence-corrected chi connectivity index (χ4v) is 4.08. The normalized spacial score (nSPS) is 11.6. The second-order valence-corrected chi connectivity index (χ2v) is 8.77. The van der Waals surface area contributed by atoms with Gasteiger partial charge in [0.25, 0.3) is 0 Å². The zero-order valence-electron chi connectivity index (χ0n) is 17.4. The summed E-state index contributed by atoms with van der Waals surface area (Å²) in [6, 6.07) is 22.8. The zero-order valence-corrected chi connectivity index (χ0v) is 18.2. The number of hydrogen-bond acceptors (Lipinski definition) is 5. The van der Waals surface area contributed by atoms with Gasteiger partial charge in [0.15, 0.2) is 11.5 Å². The molecule has 0 bridgehead atoms. The fourth-order valence-electron chi connectivity index (χ4n) is 2.90. The first-order chi connectivity index (χ1) is 14.9. The van der Waals surface area contributed by atoms with Crippen LogP contribution in [0.5, 0.6) is 11.5 Å². The number of ether oxygens (including phenoxy) is 2. The van der Waals surface area contributed by atoms with Gasteiger partial charge >= 0.3 is 0 Å². The first-order valence-corrected chi connectivity index (χ1v) is 11.3. The van der Waals surface area contributed by atoms with Gasteiger partial charge in [-0.2, -0.15) is 5.26 Å². The van der Waals surface area contributed by atoms with E-state index in [4.69, 9.17) is 9.47 Å². The van der Waals surface area contributed by atoms with E-state index in [1.165, 1.54) is 23.8 Å². The standard InChI is InChI=1S/C25H23NO4S/c1-3-29-25-16-21(13-14-24(25)30-18-20-11-9-19(2)10-12-20)15-23(17-26)31(27,28)22-7-5-4-6-8-22/h4-16H,3,18H2,1-2H3. The van der Waals surface area contributed by atoms with Crippen LogP contribution in [0.1, 0.15) is 23.6 Å². The number of rotatable bonds is 8. The SMILES string of the molecule is CCOc1cc(C=C(C#N)S(=O)(=O)c2ccccc2)ccc1OCc1ccc(C)cc1. The summed E-state index contributed by atoms with van der Waals surface area (Å²) in [7, 11) is -3.91. The molecule has 3 aromatic carbocycles. The Labute approximate surface area is 183 Å². The number of aryl methyl sites for hydroxylation is 1. The summed E-state index contributed by atoms with van der Waals surface area (Å²) >= 11 is 0. The van der Waals surface area contributed by atoms with Gasteiger partial charge in [0.2, 0.25) is 9.84 Å². The van der Waals surface area contributed by atoms with Gasteiger partial charge in [-0.3, -0.25) is 0 Å². The van der Waals surface area contributed by atoms with Crippen molar-refractivity contribution in [2.75, 3.05) is 6.61 Å². The lowest BCUT2D eigenvalue weighted by Crippen LogP contribution is -2.03. The lowest BCUT2D eigenvalue weighted by atomic mass is 10.1. The topological polar surface area (TPSA) is 76.4 Å². The van der Waals surface area contributed by atoms with E-state index in [2.05, 4.69) is 0 Å².